The largest absolute Gasteiger partial charge is 0.357 e. The average Bonchev–Trinajstić information content (AvgIpc) is 2.17. The van der Waals surface area contributed by atoms with Gasteiger partial charge in [0.1, 0.15) is 0 Å². The van der Waals surface area contributed by atoms with Crippen LogP contribution in [-0.4, -0.2) is 5.71 Å². The molecule has 1 aliphatic heterocycles. The van der Waals surface area contributed by atoms with E-state index < -0.39 is 0 Å². The summed E-state index contributed by atoms with van der Waals surface area (Å²) in [6.45, 7) is 1.99. The van der Waals surface area contributed by atoms with Gasteiger partial charge in [-0.25, -0.2) is 0 Å². The number of nitrogens with one attached hydrogen (secondary N) is 2. The van der Waals surface area contributed by atoms with Crippen LogP contribution in [-0.2, 0) is 0 Å². The lowest BCUT2D eigenvalue weighted by Gasteiger charge is -2.12. The highest BCUT2D eigenvalue weighted by Crippen LogP contribution is 2.16. The summed E-state index contributed by atoms with van der Waals surface area (Å²) in [5.41, 5.74) is 3.50. The van der Waals surface area contributed by atoms with Crippen LogP contribution in [0.3, 0.4) is 0 Å². The van der Waals surface area contributed by atoms with Gasteiger partial charge >= 0.3 is 0 Å². The minimum Gasteiger partial charge on any atom is -0.357 e. The van der Waals surface area contributed by atoms with E-state index in [1.807, 2.05) is 37.3 Å². The number of allylic oxidation sites excluding steroid dienone is 7. The highest BCUT2D eigenvalue weighted by molar-refractivity contribution is 6.13. The molecule has 0 amide bonds. The summed E-state index contributed by atoms with van der Waals surface area (Å²) in [7, 11) is 0. The van der Waals surface area contributed by atoms with Crippen molar-refractivity contribution in [2.45, 2.75) is 6.92 Å². The molecule has 0 saturated heterocycles. The van der Waals surface area contributed by atoms with Gasteiger partial charge in [-0.3, -0.25) is 5.41 Å². The number of hydrogen-bond donors (Lipinski definition) is 2. The maximum atomic E-state index is 7.75. The monoisotopic (exact) mass is 158 g/mol. The van der Waals surface area contributed by atoms with Crippen molar-refractivity contribution in [3.63, 3.8) is 0 Å². The quantitative estimate of drug-likeness (QED) is 0.555. The van der Waals surface area contributed by atoms with Crippen LogP contribution >= 0.6 is 0 Å². The van der Waals surface area contributed by atoms with E-state index in [4.69, 9.17) is 5.41 Å². The minimum atomic E-state index is 0.575. The van der Waals surface area contributed by atoms with Crippen molar-refractivity contribution in [3.05, 3.63) is 47.3 Å². The van der Waals surface area contributed by atoms with Crippen molar-refractivity contribution < 1.29 is 0 Å². The van der Waals surface area contributed by atoms with Gasteiger partial charge in [0.25, 0.3) is 0 Å². The molecule has 2 nitrogen and oxygen atoms in total. The first kappa shape index (κ1) is 7.10. The van der Waals surface area contributed by atoms with E-state index in [0.717, 1.165) is 17.0 Å². The predicted molar refractivity (Wildman–Crippen MR) is 49.9 cm³/mol. The lowest BCUT2D eigenvalue weighted by atomic mass is 10.0. The molecule has 0 fully saturated rings. The van der Waals surface area contributed by atoms with Crippen molar-refractivity contribution in [3.8, 4) is 0 Å². The van der Waals surface area contributed by atoms with Gasteiger partial charge in [0, 0.05) is 11.3 Å². The smallest absolute Gasteiger partial charge is 0.0846 e. The number of fused-ring (bicyclic) bond motifs is 2. The fourth-order valence-electron chi connectivity index (χ4n) is 1.28. The zero-order valence-corrected chi connectivity index (χ0v) is 6.89. The highest BCUT2D eigenvalue weighted by atomic mass is 14.9. The summed E-state index contributed by atoms with van der Waals surface area (Å²) in [6, 6.07) is 0. The summed E-state index contributed by atoms with van der Waals surface area (Å²) in [5, 5.41) is 10.9. The van der Waals surface area contributed by atoms with E-state index >= 15 is 0 Å². The van der Waals surface area contributed by atoms with Crippen LogP contribution in [0.4, 0.5) is 0 Å². The molecular formula is C10H10N2. The molecule has 0 spiro atoms. The van der Waals surface area contributed by atoms with E-state index in [9.17, 15) is 0 Å². The second-order valence-electron chi connectivity index (χ2n) is 2.91. The molecule has 12 heavy (non-hydrogen) atoms. The molecule has 0 atom stereocenters. The molecule has 60 valence electrons. The van der Waals surface area contributed by atoms with E-state index in [0.29, 0.717) is 5.71 Å². The summed E-state index contributed by atoms with van der Waals surface area (Å²) < 4.78 is 0. The molecule has 1 aliphatic carbocycles. The second-order valence-corrected chi connectivity index (χ2v) is 2.91. The maximum Gasteiger partial charge on any atom is 0.0846 e. The molecule has 0 aromatic rings. The Balaban J connectivity index is 2.53. The van der Waals surface area contributed by atoms with Gasteiger partial charge in [-0.05, 0) is 19.1 Å². The highest BCUT2D eigenvalue weighted by Gasteiger charge is 2.13. The molecule has 1 heterocycles. The topological polar surface area (TPSA) is 35.9 Å². The molecular weight excluding hydrogens is 148 g/mol. The fraction of sp³-hybridized carbons (Fsp3) is 0.100. The van der Waals surface area contributed by atoms with Crippen molar-refractivity contribution in [2.75, 3.05) is 0 Å². The Morgan fingerprint density at radius 2 is 2.08 bits per heavy atom. The van der Waals surface area contributed by atoms with Crippen LogP contribution in [0.15, 0.2) is 47.3 Å². The summed E-state index contributed by atoms with van der Waals surface area (Å²) in [6.07, 6.45) is 9.77. The number of hydrogen-bond acceptors (Lipinski definition) is 2. The van der Waals surface area contributed by atoms with E-state index in [-0.39, 0.29) is 0 Å². The summed E-state index contributed by atoms with van der Waals surface area (Å²) in [4.78, 5) is 0. The van der Waals surface area contributed by atoms with Crippen molar-refractivity contribution in [1.29, 1.82) is 5.41 Å². The van der Waals surface area contributed by atoms with Gasteiger partial charge < -0.3 is 5.32 Å². The third-order valence-corrected chi connectivity index (χ3v) is 1.94. The molecule has 2 aliphatic rings. The lowest BCUT2D eigenvalue weighted by molar-refractivity contribution is 1.02. The molecule has 0 saturated carbocycles. The molecule has 0 aromatic heterocycles. The third-order valence-electron chi connectivity index (χ3n) is 1.94. The molecule has 2 N–H and O–H groups in total. The van der Waals surface area contributed by atoms with Crippen molar-refractivity contribution in [2.24, 2.45) is 0 Å². The lowest BCUT2D eigenvalue weighted by Crippen LogP contribution is -2.18. The van der Waals surface area contributed by atoms with Crippen molar-refractivity contribution >= 4 is 5.71 Å². The van der Waals surface area contributed by atoms with E-state index in [1.54, 1.807) is 0 Å². The van der Waals surface area contributed by atoms with Gasteiger partial charge in [0.05, 0.1) is 11.4 Å². The first-order valence-electron chi connectivity index (χ1n) is 3.90. The Bertz CT molecular complexity index is 354. The zero-order valence-electron chi connectivity index (χ0n) is 6.89. The van der Waals surface area contributed by atoms with Crippen LogP contribution < -0.4 is 5.32 Å². The normalized spacial score (nSPS) is 20.4. The van der Waals surface area contributed by atoms with Gasteiger partial charge in [0.15, 0.2) is 0 Å². The maximum absolute atomic E-state index is 7.75. The van der Waals surface area contributed by atoms with Gasteiger partial charge in [-0.2, -0.15) is 0 Å². The first-order valence-corrected chi connectivity index (χ1v) is 3.90. The van der Waals surface area contributed by atoms with Crippen LogP contribution in [0, 0.1) is 5.41 Å². The van der Waals surface area contributed by atoms with Gasteiger partial charge in [-0.15, -0.1) is 0 Å². The molecule has 0 unspecified atom stereocenters. The van der Waals surface area contributed by atoms with Crippen LogP contribution in [0.2, 0.25) is 0 Å². The third kappa shape index (κ3) is 1.01. The van der Waals surface area contributed by atoms with E-state index in [2.05, 4.69) is 5.32 Å². The second kappa shape index (κ2) is 2.48. The van der Waals surface area contributed by atoms with Gasteiger partial charge in [0.2, 0.25) is 0 Å². The summed E-state index contributed by atoms with van der Waals surface area (Å²) >= 11 is 0. The minimum absolute atomic E-state index is 0.575. The fourth-order valence-corrected chi connectivity index (χ4v) is 1.28. The van der Waals surface area contributed by atoms with Gasteiger partial charge in [-0.1, -0.05) is 18.2 Å². The summed E-state index contributed by atoms with van der Waals surface area (Å²) in [5.74, 6) is 0. The van der Waals surface area contributed by atoms with E-state index in [1.165, 1.54) is 0 Å². The Kier molecular flexibility index (Phi) is 1.47. The molecule has 2 bridgehead atoms. The van der Waals surface area contributed by atoms with Crippen LogP contribution in [0.25, 0.3) is 0 Å². The average molecular weight is 158 g/mol. The molecule has 2 rings (SSSR count). The predicted octanol–water partition coefficient (Wildman–Crippen LogP) is 1.89. The molecule has 2 heteroatoms. The molecule has 0 aromatic carbocycles. The van der Waals surface area contributed by atoms with Crippen LogP contribution in [0.5, 0.6) is 0 Å². The molecule has 0 radical (unpaired) electrons. The standard InChI is InChI=1S/C10H10N2/c1-7-5-6-8-3-2-4-9(12-7)10(8)11/h2-6,11-12H,1H3. The Hall–Kier alpha value is -1.57. The Morgan fingerprint density at radius 3 is 2.92 bits per heavy atom. The Morgan fingerprint density at radius 1 is 1.25 bits per heavy atom. The first-order chi connectivity index (χ1) is 5.77. The number of rotatable bonds is 0. The SMILES string of the molecule is CC1=CC=C2C=CC=C(N1)C2=N. The zero-order chi connectivity index (χ0) is 8.55. The van der Waals surface area contributed by atoms with Crippen LogP contribution in [0.1, 0.15) is 6.92 Å². The Labute approximate surface area is 71.5 Å². The van der Waals surface area contributed by atoms with Crippen molar-refractivity contribution in [1.82, 2.24) is 5.32 Å².